The van der Waals surface area contributed by atoms with Crippen LogP contribution in [0.5, 0.6) is 0 Å². The Labute approximate surface area is 152 Å². The van der Waals surface area contributed by atoms with E-state index in [1.165, 1.54) is 6.07 Å². The Morgan fingerprint density at radius 2 is 2.31 bits per heavy atom. The van der Waals surface area contributed by atoms with Crippen molar-refractivity contribution in [3.63, 3.8) is 0 Å². The summed E-state index contributed by atoms with van der Waals surface area (Å²) in [6.07, 6.45) is 0.698. The molecular weight excluding hydrogens is 337 g/mol. The van der Waals surface area contributed by atoms with E-state index < -0.39 is 0 Å². The van der Waals surface area contributed by atoms with Crippen LogP contribution in [0.25, 0.3) is 0 Å². The van der Waals surface area contributed by atoms with Crippen molar-refractivity contribution in [2.75, 3.05) is 20.3 Å². The molecule has 0 spiro atoms. The Morgan fingerprint density at radius 3 is 3.04 bits per heavy atom. The molecule has 26 heavy (non-hydrogen) atoms. The second kappa shape index (κ2) is 7.97. The smallest absolute Gasteiger partial charge is 0.307 e. The number of hydrogen-bond acceptors (Lipinski definition) is 5. The fourth-order valence-corrected chi connectivity index (χ4v) is 3.13. The molecule has 3 rings (SSSR count). The fraction of sp³-hybridized carbons (Fsp3) is 0.474. The van der Waals surface area contributed by atoms with Crippen LogP contribution in [0.1, 0.15) is 40.2 Å². The SMILES string of the molecule is COCC(C)NC(=O)c1nc2c(o1)CCN(Cc1ccc(F)c(C)c1)C2. The van der Waals surface area contributed by atoms with Gasteiger partial charge in [0.05, 0.1) is 12.3 Å². The first-order chi connectivity index (χ1) is 12.5. The third kappa shape index (κ3) is 4.28. The average Bonchev–Trinajstić information content (AvgIpc) is 3.02. The predicted octanol–water partition coefficient (Wildman–Crippen LogP) is 2.45. The highest BCUT2D eigenvalue weighted by molar-refractivity contribution is 5.89. The molecule has 1 aliphatic heterocycles. The van der Waals surface area contributed by atoms with Crippen LogP contribution in [-0.4, -0.2) is 42.1 Å². The number of hydrogen-bond donors (Lipinski definition) is 1. The van der Waals surface area contributed by atoms with E-state index in [0.717, 1.165) is 23.6 Å². The van der Waals surface area contributed by atoms with Gasteiger partial charge in [-0.1, -0.05) is 12.1 Å². The minimum Gasteiger partial charge on any atom is -0.437 e. The number of nitrogens with one attached hydrogen (secondary N) is 1. The van der Waals surface area contributed by atoms with Gasteiger partial charge in [0.2, 0.25) is 0 Å². The zero-order valence-corrected chi connectivity index (χ0v) is 15.3. The van der Waals surface area contributed by atoms with E-state index in [0.29, 0.717) is 31.7 Å². The molecular formula is C19H24FN3O3. The zero-order chi connectivity index (χ0) is 18.7. The first kappa shape index (κ1) is 18.5. The largest absolute Gasteiger partial charge is 0.437 e. The molecule has 2 aromatic rings. The summed E-state index contributed by atoms with van der Waals surface area (Å²) in [5.74, 6) is 0.340. The lowest BCUT2D eigenvalue weighted by atomic mass is 10.1. The monoisotopic (exact) mass is 361 g/mol. The van der Waals surface area contributed by atoms with Crippen LogP contribution in [0, 0.1) is 12.7 Å². The molecule has 140 valence electrons. The number of amides is 1. The molecule has 1 aromatic heterocycles. The van der Waals surface area contributed by atoms with Crippen molar-refractivity contribution in [1.82, 2.24) is 15.2 Å². The number of carbonyl (C=O) groups excluding carboxylic acids is 1. The summed E-state index contributed by atoms with van der Waals surface area (Å²) in [6, 6.07) is 5.05. The third-order valence-electron chi connectivity index (χ3n) is 4.42. The molecule has 0 saturated carbocycles. The molecule has 0 aliphatic carbocycles. The second-order valence-corrected chi connectivity index (χ2v) is 6.76. The lowest BCUT2D eigenvalue weighted by molar-refractivity contribution is 0.0869. The molecule has 2 heterocycles. The third-order valence-corrected chi connectivity index (χ3v) is 4.42. The summed E-state index contributed by atoms with van der Waals surface area (Å²) in [6.45, 7) is 6.17. The van der Waals surface area contributed by atoms with Crippen LogP contribution in [0.4, 0.5) is 4.39 Å². The molecule has 1 aromatic carbocycles. The number of aryl methyl sites for hydroxylation is 1. The highest BCUT2D eigenvalue weighted by atomic mass is 19.1. The number of rotatable bonds is 6. The summed E-state index contributed by atoms with van der Waals surface area (Å²) in [5.41, 5.74) is 2.49. The zero-order valence-electron chi connectivity index (χ0n) is 15.3. The van der Waals surface area contributed by atoms with Crippen LogP contribution in [0.15, 0.2) is 22.6 Å². The fourth-order valence-electron chi connectivity index (χ4n) is 3.13. The van der Waals surface area contributed by atoms with Crippen molar-refractivity contribution >= 4 is 5.91 Å². The summed E-state index contributed by atoms with van der Waals surface area (Å²) in [4.78, 5) is 18.8. The molecule has 0 fully saturated rings. The minimum atomic E-state index is -0.329. The number of nitrogens with zero attached hydrogens (tertiary/aromatic N) is 2. The number of fused-ring (bicyclic) bond motifs is 1. The molecule has 1 atom stereocenters. The Morgan fingerprint density at radius 1 is 1.50 bits per heavy atom. The van der Waals surface area contributed by atoms with E-state index in [1.54, 1.807) is 20.1 Å². The number of aromatic nitrogens is 1. The van der Waals surface area contributed by atoms with Crippen LogP contribution < -0.4 is 5.32 Å². The Balaban J connectivity index is 1.64. The second-order valence-electron chi connectivity index (χ2n) is 6.76. The molecule has 0 saturated heterocycles. The number of benzene rings is 1. The Kier molecular flexibility index (Phi) is 5.68. The van der Waals surface area contributed by atoms with E-state index in [2.05, 4.69) is 15.2 Å². The van der Waals surface area contributed by atoms with Gasteiger partial charge in [0, 0.05) is 39.2 Å². The van der Waals surface area contributed by atoms with Crippen molar-refractivity contribution in [3.05, 3.63) is 52.5 Å². The van der Waals surface area contributed by atoms with Gasteiger partial charge in [-0.3, -0.25) is 9.69 Å². The molecule has 1 aliphatic rings. The van der Waals surface area contributed by atoms with Crippen molar-refractivity contribution < 1.29 is 18.3 Å². The van der Waals surface area contributed by atoms with Crippen LogP contribution >= 0.6 is 0 Å². The minimum absolute atomic E-state index is 0.0948. The topological polar surface area (TPSA) is 67.6 Å². The van der Waals surface area contributed by atoms with Crippen molar-refractivity contribution in [1.29, 1.82) is 0 Å². The summed E-state index contributed by atoms with van der Waals surface area (Å²) in [5, 5.41) is 2.80. The van der Waals surface area contributed by atoms with E-state index >= 15 is 0 Å². The first-order valence-electron chi connectivity index (χ1n) is 8.72. The maximum atomic E-state index is 13.4. The quantitative estimate of drug-likeness (QED) is 0.856. The summed E-state index contributed by atoms with van der Waals surface area (Å²) >= 11 is 0. The maximum absolute atomic E-state index is 13.4. The first-order valence-corrected chi connectivity index (χ1v) is 8.72. The van der Waals surface area contributed by atoms with Gasteiger partial charge in [-0.15, -0.1) is 0 Å². The van der Waals surface area contributed by atoms with E-state index in [9.17, 15) is 9.18 Å². The molecule has 1 unspecified atom stereocenters. The van der Waals surface area contributed by atoms with Crippen molar-refractivity contribution in [2.45, 2.75) is 39.4 Å². The number of halogens is 1. The number of methoxy groups -OCH3 is 1. The van der Waals surface area contributed by atoms with Gasteiger partial charge >= 0.3 is 5.91 Å². The molecule has 1 N–H and O–H groups in total. The summed E-state index contributed by atoms with van der Waals surface area (Å²) in [7, 11) is 1.59. The van der Waals surface area contributed by atoms with E-state index in [1.807, 2.05) is 13.0 Å². The highest BCUT2D eigenvalue weighted by Gasteiger charge is 2.25. The van der Waals surface area contributed by atoms with E-state index in [-0.39, 0.29) is 23.7 Å². The molecule has 0 radical (unpaired) electrons. The van der Waals surface area contributed by atoms with Gasteiger partial charge in [-0.2, -0.15) is 0 Å². The van der Waals surface area contributed by atoms with Gasteiger partial charge in [-0.25, -0.2) is 9.37 Å². The number of ether oxygens (including phenoxy) is 1. The normalized spacial score (nSPS) is 15.5. The van der Waals surface area contributed by atoms with Gasteiger partial charge in [0.15, 0.2) is 0 Å². The van der Waals surface area contributed by atoms with Crippen LogP contribution in [0.2, 0.25) is 0 Å². The van der Waals surface area contributed by atoms with Crippen molar-refractivity contribution in [2.24, 2.45) is 0 Å². The predicted molar refractivity (Wildman–Crippen MR) is 94.3 cm³/mol. The van der Waals surface area contributed by atoms with E-state index in [4.69, 9.17) is 9.15 Å². The lowest BCUT2D eigenvalue weighted by Crippen LogP contribution is -2.35. The molecule has 6 nitrogen and oxygen atoms in total. The maximum Gasteiger partial charge on any atom is 0.307 e. The van der Waals surface area contributed by atoms with Gasteiger partial charge in [-0.05, 0) is 31.0 Å². The Bertz CT molecular complexity index is 790. The molecule has 7 heteroatoms. The number of oxazole rings is 1. The Hall–Kier alpha value is -2.25. The van der Waals surface area contributed by atoms with Crippen molar-refractivity contribution in [3.8, 4) is 0 Å². The standard InChI is InChI=1S/C19H24FN3O3/c1-12-8-14(4-5-15(12)20)9-23-7-6-17-16(10-23)22-19(26-17)18(24)21-13(2)11-25-3/h4-5,8,13H,6-7,9-11H2,1-3H3,(H,21,24). The van der Waals surface area contributed by atoms with Gasteiger partial charge in [0.1, 0.15) is 11.6 Å². The number of carbonyl (C=O) groups is 1. The van der Waals surface area contributed by atoms with Gasteiger partial charge < -0.3 is 14.5 Å². The van der Waals surface area contributed by atoms with Gasteiger partial charge in [0.25, 0.3) is 5.89 Å². The van der Waals surface area contributed by atoms with Crippen LogP contribution in [0.3, 0.4) is 0 Å². The van der Waals surface area contributed by atoms with Crippen LogP contribution in [-0.2, 0) is 24.2 Å². The highest BCUT2D eigenvalue weighted by Crippen LogP contribution is 2.22. The molecule has 0 bridgehead atoms. The summed E-state index contributed by atoms with van der Waals surface area (Å²) < 4.78 is 24.1. The molecule has 1 amide bonds. The lowest BCUT2D eigenvalue weighted by Gasteiger charge is -2.25. The average molecular weight is 361 g/mol.